The molecular weight excluding hydrogens is 331 g/mol. The molecule has 21 heavy (non-hydrogen) atoms. The third-order valence-corrected chi connectivity index (χ3v) is 4.21. The number of aryl methyl sites for hydroxylation is 1. The number of anilines is 1. The molecule has 0 radical (unpaired) electrons. The van der Waals surface area contributed by atoms with Gasteiger partial charge in [0.1, 0.15) is 5.82 Å². The van der Waals surface area contributed by atoms with Crippen LogP contribution in [0.25, 0.3) is 0 Å². The first-order chi connectivity index (χ1) is 9.92. The maximum atomic E-state index is 13.0. The molecule has 0 saturated heterocycles. The summed E-state index contributed by atoms with van der Waals surface area (Å²) in [6.45, 7) is 4.60. The highest BCUT2D eigenvalue weighted by molar-refractivity contribution is 9.10. The van der Waals surface area contributed by atoms with Gasteiger partial charge in [-0.05, 0) is 71.6 Å². The zero-order valence-corrected chi connectivity index (χ0v) is 13.9. The average molecular weight is 351 g/mol. The van der Waals surface area contributed by atoms with E-state index in [1.165, 1.54) is 17.7 Å². The van der Waals surface area contributed by atoms with E-state index in [2.05, 4.69) is 47.2 Å². The van der Waals surface area contributed by atoms with Gasteiger partial charge in [-0.1, -0.05) is 18.2 Å². The molecule has 0 aliphatic rings. The summed E-state index contributed by atoms with van der Waals surface area (Å²) < 4.78 is 14.0. The zero-order valence-electron chi connectivity index (χ0n) is 12.3. The Morgan fingerprint density at radius 2 is 1.86 bits per heavy atom. The predicted molar refractivity (Wildman–Crippen MR) is 90.1 cm³/mol. The molecule has 2 nitrogen and oxygen atoms in total. The molecule has 0 aliphatic carbocycles. The van der Waals surface area contributed by atoms with E-state index >= 15 is 0 Å². The van der Waals surface area contributed by atoms with Crippen LogP contribution in [0.2, 0.25) is 0 Å². The monoisotopic (exact) mass is 350 g/mol. The molecule has 0 spiro atoms. The summed E-state index contributed by atoms with van der Waals surface area (Å²) in [5.74, 6) is -0.220. The minimum Gasteiger partial charge on any atom is -0.377 e. The first kappa shape index (κ1) is 16.0. The van der Waals surface area contributed by atoms with Gasteiger partial charge in [-0.25, -0.2) is 4.39 Å². The molecular formula is C17H20BrFN2. The lowest BCUT2D eigenvalue weighted by Gasteiger charge is -2.31. The summed E-state index contributed by atoms with van der Waals surface area (Å²) in [7, 11) is 0. The molecule has 0 amide bonds. The van der Waals surface area contributed by atoms with Crippen LogP contribution in [0.5, 0.6) is 0 Å². The van der Waals surface area contributed by atoms with E-state index in [0.29, 0.717) is 6.54 Å². The SMILES string of the molecule is Cc1ccc(Br)c(NC(C)(CN)Cc2ccc(F)cc2)c1. The third-order valence-electron chi connectivity index (χ3n) is 3.52. The minimum atomic E-state index is -0.297. The van der Waals surface area contributed by atoms with E-state index in [0.717, 1.165) is 22.1 Å². The number of hydrogen-bond acceptors (Lipinski definition) is 2. The Labute approximate surface area is 133 Å². The van der Waals surface area contributed by atoms with Crippen molar-refractivity contribution in [2.24, 2.45) is 5.73 Å². The van der Waals surface area contributed by atoms with Crippen LogP contribution in [-0.2, 0) is 6.42 Å². The first-order valence-corrected chi connectivity index (χ1v) is 7.70. The molecule has 1 unspecified atom stereocenters. The second-order valence-electron chi connectivity index (χ2n) is 5.68. The summed E-state index contributed by atoms with van der Waals surface area (Å²) in [6.07, 6.45) is 0.726. The van der Waals surface area contributed by atoms with Crippen molar-refractivity contribution in [1.82, 2.24) is 0 Å². The molecule has 0 fully saturated rings. The highest BCUT2D eigenvalue weighted by atomic mass is 79.9. The van der Waals surface area contributed by atoms with E-state index < -0.39 is 0 Å². The second-order valence-corrected chi connectivity index (χ2v) is 6.53. The summed E-state index contributed by atoms with van der Waals surface area (Å²) in [4.78, 5) is 0. The Kier molecular flexibility index (Phi) is 5.01. The quantitative estimate of drug-likeness (QED) is 0.844. The lowest BCUT2D eigenvalue weighted by molar-refractivity contribution is 0.520. The molecule has 2 aromatic rings. The van der Waals surface area contributed by atoms with Gasteiger partial charge in [-0.15, -0.1) is 0 Å². The van der Waals surface area contributed by atoms with Gasteiger partial charge in [0.25, 0.3) is 0 Å². The van der Waals surface area contributed by atoms with Crippen LogP contribution in [-0.4, -0.2) is 12.1 Å². The number of rotatable bonds is 5. The van der Waals surface area contributed by atoms with Crippen molar-refractivity contribution in [3.63, 3.8) is 0 Å². The third kappa shape index (κ3) is 4.29. The van der Waals surface area contributed by atoms with Gasteiger partial charge >= 0.3 is 0 Å². The van der Waals surface area contributed by atoms with Gasteiger partial charge in [0.2, 0.25) is 0 Å². The minimum absolute atomic E-state index is 0.220. The Morgan fingerprint density at radius 3 is 2.48 bits per heavy atom. The topological polar surface area (TPSA) is 38.0 Å². The number of hydrogen-bond donors (Lipinski definition) is 2. The standard InChI is InChI=1S/C17H20BrFN2/c1-12-3-8-15(18)16(9-12)21-17(2,11-20)10-13-4-6-14(19)7-5-13/h3-9,21H,10-11,20H2,1-2H3. The van der Waals surface area contributed by atoms with Gasteiger partial charge in [0, 0.05) is 16.7 Å². The Balaban J connectivity index is 2.20. The summed E-state index contributed by atoms with van der Waals surface area (Å²) in [6, 6.07) is 12.7. The highest BCUT2D eigenvalue weighted by Gasteiger charge is 2.23. The highest BCUT2D eigenvalue weighted by Crippen LogP contribution is 2.27. The van der Waals surface area contributed by atoms with Crippen LogP contribution in [0, 0.1) is 12.7 Å². The van der Waals surface area contributed by atoms with E-state index in [-0.39, 0.29) is 11.4 Å². The number of nitrogens with one attached hydrogen (secondary N) is 1. The van der Waals surface area contributed by atoms with Crippen LogP contribution in [0.1, 0.15) is 18.1 Å². The van der Waals surface area contributed by atoms with Crippen LogP contribution in [0.4, 0.5) is 10.1 Å². The van der Waals surface area contributed by atoms with E-state index in [9.17, 15) is 4.39 Å². The lowest BCUT2D eigenvalue weighted by Crippen LogP contribution is -2.44. The normalized spacial score (nSPS) is 13.8. The summed E-state index contributed by atoms with van der Waals surface area (Å²) in [5.41, 5.74) is 8.93. The molecule has 2 rings (SSSR count). The Morgan fingerprint density at radius 1 is 1.19 bits per heavy atom. The maximum Gasteiger partial charge on any atom is 0.123 e. The molecule has 3 N–H and O–H groups in total. The first-order valence-electron chi connectivity index (χ1n) is 6.91. The molecule has 2 aromatic carbocycles. The second kappa shape index (κ2) is 6.58. The number of benzene rings is 2. The molecule has 0 heterocycles. The van der Waals surface area contributed by atoms with Gasteiger partial charge in [-0.3, -0.25) is 0 Å². The number of halogens is 2. The largest absolute Gasteiger partial charge is 0.377 e. The van der Waals surface area contributed by atoms with Gasteiger partial charge in [0.05, 0.1) is 5.54 Å². The fourth-order valence-electron chi connectivity index (χ4n) is 2.28. The van der Waals surface area contributed by atoms with Gasteiger partial charge in [0.15, 0.2) is 0 Å². The smallest absolute Gasteiger partial charge is 0.123 e. The zero-order chi connectivity index (χ0) is 15.5. The predicted octanol–water partition coefficient (Wildman–Crippen LogP) is 4.27. The molecule has 112 valence electrons. The molecule has 4 heteroatoms. The van der Waals surface area contributed by atoms with Crippen molar-refractivity contribution in [3.8, 4) is 0 Å². The van der Waals surface area contributed by atoms with Crippen LogP contribution in [0.3, 0.4) is 0 Å². The van der Waals surface area contributed by atoms with Crippen LogP contribution >= 0.6 is 15.9 Å². The summed E-state index contributed by atoms with van der Waals surface area (Å²) >= 11 is 3.55. The molecule has 0 aromatic heterocycles. The molecule has 0 aliphatic heterocycles. The van der Waals surface area contributed by atoms with Crippen LogP contribution in [0.15, 0.2) is 46.9 Å². The average Bonchev–Trinajstić information content (AvgIpc) is 2.45. The van der Waals surface area contributed by atoms with E-state index in [1.807, 2.05) is 6.07 Å². The van der Waals surface area contributed by atoms with Crippen molar-refractivity contribution in [2.75, 3.05) is 11.9 Å². The van der Waals surface area contributed by atoms with Gasteiger partial charge < -0.3 is 11.1 Å². The fourth-order valence-corrected chi connectivity index (χ4v) is 2.63. The summed E-state index contributed by atoms with van der Waals surface area (Å²) in [5, 5.41) is 3.51. The Hall–Kier alpha value is -1.39. The van der Waals surface area contributed by atoms with Crippen molar-refractivity contribution in [1.29, 1.82) is 0 Å². The fraction of sp³-hybridized carbons (Fsp3) is 0.294. The Bertz CT molecular complexity index is 613. The maximum absolute atomic E-state index is 13.0. The van der Waals surface area contributed by atoms with E-state index in [1.54, 1.807) is 12.1 Å². The van der Waals surface area contributed by atoms with Gasteiger partial charge in [-0.2, -0.15) is 0 Å². The lowest BCUT2D eigenvalue weighted by atomic mass is 9.92. The van der Waals surface area contributed by atoms with Crippen molar-refractivity contribution < 1.29 is 4.39 Å². The molecule has 0 bridgehead atoms. The molecule has 1 atom stereocenters. The van der Waals surface area contributed by atoms with Crippen LogP contribution < -0.4 is 11.1 Å². The van der Waals surface area contributed by atoms with Crippen molar-refractivity contribution in [3.05, 3.63) is 63.9 Å². The van der Waals surface area contributed by atoms with Crippen molar-refractivity contribution in [2.45, 2.75) is 25.8 Å². The van der Waals surface area contributed by atoms with E-state index in [4.69, 9.17) is 5.73 Å². The molecule has 0 saturated carbocycles. The number of nitrogens with two attached hydrogens (primary N) is 1. The van der Waals surface area contributed by atoms with Crippen molar-refractivity contribution >= 4 is 21.6 Å².